The number of nitrogens with one attached hydrogen (secondary N) is 1. The molecule has 0 saturated carbocycles. The van der Waals surface area contributed by atoms with Gasteiger partial charge in [-0.05, 0) is 74.2 Å². The van der Waals surface area contributed by atoms with E-state index in [1.54, 1.807) is 0 Å². The number of ether oxygens (including phenoxy) is 1. The molecule has 0 bridgehead atoms. The van der Waals surface area contributed by atoms with Crippen molar-refractivity contribution in [2.45, 2.75) is 39.8 Å². The van der Waals surface area contributed by atoms with Crippen LogP contribution in [0.5, 0.6) is 5.75 Å². The minimum absolute atomic E-state index is 0.0848. The Hall–Kier alpha value is -3.31. The summed E-state index contributed by atoms with van der Waals surface area (Å²) in [5.41, 5.74) is 4.67. The molecule has 5 nitrogen and oxygen atoms in total. The highest BCUT2D eigenvalue weighted by atomic mass is 35.5. The number of aryl methyl sites for hydroxylation is 3. The van der Waals surface area contributed by atoms with Crippen molar-refractivity contribution in [1.82, 2.24) is 14.9 Å². The van der Waals surface area contributed by atoms with Crippen molar-refractivity contribution in [3.05, 3.63) is 94.3 Å². The number of unbranched alkanes of at least 4 members (excludes halogenated alkanes) is 1. The molecule has 0 fully saturated rings. The van der Waals surface area contributed by atoms with Crippen LogP contribution in [0.1, 0.15) is 40.2 Å². The quantitative estimate of drug-likeness (QED) is 0.306. The number of carbonyl (C=O) groups is 1. The SMILES string of the molecule is Cc1cc(OCCCCn2c(CNC(=O)c3ccccc3C)nc3ccccc32)ccc1Cl. The van der Waals surface area contributed by atoms with Crippen LogP contribution in [-0.4, -0.2) is 22.1 Å². The third-order valence-electron chi connectivity index (χ3n) is 5.70. The van der Waals surface area contributed by atoms with E-state index in [1.807, 2.05) is 74.5 Å². The zero-order chi connectivity index (χ0) is 23.2. The van der Waals surface area contributed by atoms with E-state index >= 15 is 0 Å². The van der Waals surface area contributed by atoms with Crippen molar-refractivity contribution in [1.29, 1.82) is 0 Å². The molecule has 6 heteroatoms. The first-order valence-electron chi connectivity index (χ1n) is 11.2. The van der Waals surface area contributed by atoms with Gasteiger partial charge >= 0.3 is 0 Å². The van der Waals surface area contributed by atoms with Crippen LogP contribution in [0.25, 0.3) is 11.0 Å². The third-order valence-corrected chi connectivity index (χ3v) is 6.13. The highest BCUT2D eigenvalue weighted by Gasteiger charge is 2.13. The molecule has 0 aliphatic heterocycles. The summed E-state index contributed by atoms with van der Waals surface area (Å²) >= 11 is 6.08. The lowest BCUT2D eigenvalue weighted by Gasteiger charge is -2.12. The topological polar surface area (TPSA) is 56.1 Å². The number of carbonyl (C=O) groups excluding carboxylic acids is 1. The van der Waals surface area contributed by atoms with E-state index in [2.05, 4.69) is 16.0 Å². The van der Waals surface area contributed by atoms with E-state index < -0.39 is 0 Å². The van der Waals surface area contributed by atoms with Gasteiger partial charge in [0.25, 0.3) is 5.91 Å². The van der Waals surface area contributed by atoms with Crippen LogP contribution in [0, 0.1) is 13.8 Å². The molecule has 0 aliphatic carbocycles. The average Bonchev–Trinajstić information content (AvgIpc) is 3.17. The van der Waals surface area contributed by atoms with E-state index in [0.717, 1.165) is 58.1 Å². The molecule has 1 heterocycles. The Bertz CT molecular complexity index is 1270. The summed E-state index contributed by atoms with van der Waals surface area (Å²) in [5.74, 6) is 1.61. The van der Waals surface area contributed by atoms with Gasteiger partial charge < -0.3 is 14.6 Å². The van der Waals surface area contributed by atoms with Gasteiger partial charge in [0.15, 0.2) is 0 Å². The molecule has 4 aromatic rings. The third kappa shape index (κ3) is 5.55. The minimum Gasteiger partial charge on any atom is -0.494 e. The summed E-state index contributed by atoms with van der Waals surface area (Å²) in [6.45, 7) is 5.73. The molecular weight excluding hydrogens is 434 g/mol. The number of aromatic nitrogens is 2. The van der Waals surface area contributed by atoms with E-state index in [-0.39, 0.29) is 5.91 Å². The van der Waals surface area contributed by atoms with Crippen LogP contribution in [0.2, 0.25) is 5.02 Å². The average molecular weight is 462 g/mol. The smallest absolute Gasteiger partial charge is 0.251 e. The molecule has 0 aliphatic rings. The zero-order valence-corrected chi connectivity index (χ0v) is 19.7. The van der Waals surface area contributed by atoms with E-state index in [0.29, 0.717) is 18.7 Å². The van der Waals surface area contributed by atoms with Gasteiger partial charge in [0, 0.05) is 17.1 Å². The van der Waals surface area contributed by atoms with Crippen LogP contribution < -0.4 is 10.1 Å². The molecule has 170 valence electrons. The van der Waals surface area contributed by atoms with Gasteiger partial charge in [0.05, 0.1) is 24.2 Å². The molecule has 33 heavy (non-hydrogen) atoms. The van der Waals surface area contributed by atoms with Crippen molar-refractivity contribution in [2.24, 2.45) is 0 Å². The number of hydrogen-bond donors (Lipinski definition) is 1. The Morgan fingerprint density at radius 3 is 2.61 bits per heavy atom. The van der Waals surface area contributed by atoms with Crippen LogP contribution in [0.3, 0.4) is 0 Å². The summed E-state index contributed by atoms with van der Waals surface area (Å²) in [4.78, 5) is 17.4. The monoisotopic (exact) mass is 461 g/mol. The van der Waals surface area contributed by atoms with Gasteiger partial charge in [-0.3, -0.25) is 4.79 Å². The zero-order valence-electron chi connectivity index (χ0n) is 19.0. The minimum atomic E-state index is -0.0848. The van der Waals surface area contributed by atoms with Gasteiger partial charge in [-0.25, -0.2) is 4.98 Å². The molecule has 1 aromatic heterocycles. The molecule has 1 N–H and O–H groups in total. The van der Waals surface area contributed by atoms with Crippen LogP contribution >= 0.6 is 11.6 Å². The van der Waals surface area contributed by atoms with Gasteiger partial charge in [0.1, 0.15) is 11.6 Å². The first-order valence-corrected chi connectivity index (χ1v) is 11.6. The molecule has 0 atom stereocenters. The molecular formula is C27H28ClN3O2. The highest BCUT2D eigenvalue weighted by Crippen LogP contribution is 2.21. The van der Waals surface area contributed by atoms with E-state index in [1.165, 1.54) is 0 Å². The largest absolute Gasteiger partial charge is 0.494 e. The number of nitrogens with zero attached hydrogens (tertiary/aromatic N) is 2. The van der Waals surface area contributed by atoms with Gasteiger partial charge in [-0.2, -0.15) is 0 Å². The fourth-order valence-corrected chi connectivity index (χ4v) is 3.98. The predicted molar refractivity (Wildman–Crippen MR) is 133 cm³/mol. The maximum atomic E-state index is 12.7. The summed E-state index contributed by atoms with van der Waals surface area (Å²) in [5, 5.41) is 3.78. The number of para-hydroxylation sites is 2. The maximum absolute atomic E-state index is 12.7. The second-order valence-electron chi connectivity index (χ2n) is 8.13. The van der Waals surface area contributed by atoms with Crippen LogP contribution in [0.15, 0.2) is 66.7 Å². The molecule has 0 unspecified atom stereocenters. The van der Waals surface area contributed by atoms with Crippen molar-refractivity contribution < 1.29 is 9.53 Å². The number of rotatable bonds is 9. The number of amides is 1. The van der Waals surface area contributed by atoms with Crippen molar-refractivity contribution in [3.8, 4) is 5.75 Å². The lowest BCUT2D eigenvalue weighted by atomic mass is 10.1. The molecule has 1 amide bonds. The fraction of sp³-hybridized carbons (Fsp3) is 0.259. The predicted octanol–water partition coefficient (Wildman–Crippen LogP) is 6.10. The number of halogens is 1. The normalized spacial score (nSPS) is 11.0. The summed E-state index contributed by atoms with van der Waals surface area (Å²) in [6.07, 6.45) is 1.84. The first-order chi connectivity index (χ1) is 16.0. The summed E-state index contributed by atoms with van der Waals surface area (Å²) < 4.78 is 8.07. The Kier molecular flexibility index (Phi) is 7.30. The van der Waals surface area contributed by atoms with Crippen molar-refractivity contribution in [2.75, 3.05) is 6.61 Å². The number of hydrogen-bond acceptors (Lipinski definition) is 3. The molecule has 0 spiro atoms. The van der Waals surface area contributed by atoms with E-state index in [9.17, 15) is 4.79 Å². The molecule has 0 saturated heterocycles. The van der Waals surface area contributed by atoms with Crippen molar-refractivity contribution in [3.63, 3.8) is 0 Å². The summed E-state index contributed by atoms with van der Waals surface area (Å²) in [6, 6.07) is 21.4. The first kappa shape index (κ1) is 22.9. The Balaban J connectivity index is 1.38. The highest BCUT2D eigenvalue weighted by molar-refractivity contribution is 6.31. The lowest BCUT2D eigenvalue weighted by Crippen LogP contribution is -2.25. The molecule has 0 radical (unpaired) electrons. The Morgan fingerprint density at radius 2 is 1.79 bits per heavy atom. The van der Waals surface area contributed by atoms with E-state index in [4.69, 9.17) is 21.3 Å². The van der Waals surface area contributed by atoms with Gasteiger partial charge in [0.2, 0.25) is 0 Å². The van der Waals surface area contributed by atoms with Crippen molar-refractivity contribution >= 4 is 28.5 Å². The lowest BCUT2D eigenvalue weighted by molar-refractivity contribution is 0.0949. The Labute approximate surface area is 199 Å². The van der Waals surface area contributed by atoms with Crippen LogP contribution in [0.4, 0.5) is 0 Å². The molecule has 3 aromatic carbocycles. The summed E-state index contributed by atoms with van der Waals surface area (Å²) in [7, 11) is 0. The number of benzene rings is 3. The maximum Gasteiger partial charge on any atom is 0.251 e. The van der Waals surface area contributed by atoms with Gasteiger partial charge in [-0.1, -0.05) is 41.9 Å². The van der Waals surface area contributed by atoms with Gasteiger partial charge in [-0.15, -0.1) is 0 Å². The van der Waals surface area contributed by atoms with Crippen LogP contribution in [-0.2, 0) is 13.1 Å². The number of fused-ring (bicyclic) bond motifs is 1. The standard InChI is InChI=1S/C27H28ClN3O2/c1-19-9-3-4-10-22(19)27(32)29-18-26-30-24-11-5-6-12-25(24)31(26)15-7-8-16-33-21-13-14-23(28)20(2)17-21/h3-6,9-14,17H,7-8,15-16,18H2,1-2H3,(H,29,32). The second-order valence-corrected chi connectivity index (χ2v) is 8.54. The number of imidazole rings is 1. The molecule has 4 rings (SSSR count). The second kappa shape index (κ2) is 10.5. The Morgan fingerprint density at radius 1 is 1.00 bits per heavy atom. The fourth-order valence-electron chi connectivity index (χ4n) is 3.86.